The number of phenolic OH excluding ortho intramolecular Hbond substituents is 1. The average molecular weight is 281 g/mol. The first kappa shape index (κ1) is 13.2. The molecule has 0 saturated carbocycles. The van der Waals surface area contributed by atoms with Crippen LogP contribution in [0.2, 0.25) is 5.02 Å². The average Bonchev–Trinajstić information content (AvgIpc) is 2.33. The molecule has 0 aliphatic rings. The van der Waals surface area contributed by atoms with Gasteiger partial charge in [0.05, 0.1) is 16.3 Å². The van der Waals surface area contributed by atoms with Gasteiger partial charge in [-0.05, 0) is 30.3 Å². The Kier molecular flexibility index (Phi) is 3.57. The zero-order valence-electron chi connectivity index (χ0n) is 9.65. The topological polar surface area (TPSA) is 75.3 Å². The summed E-state index contributed by atoms with van der Waals surface area (Å²) < 4.78 is 13.5. The highest BCUT2D eigenvalue weighted by molar-refractivity contribution is 6.33. The Labute approximate surface area is 113 Å². The second-order valence-electron chi connectivity index (χ2n) is 3.85. The molecule has 4 N–H and O–H groups in total. The summed E-state index contributed by atoms with van der Waals surface area (Å²) in [6.07, 6.45) is 0. The van der Waals surface area contributed by atoms with E-state index in [1.54, 1.807) is 6.07 Å². The number of aromatic hydroxyl groups is 1. The lowest BCUT2D eigenvalue weighted by molar-refractivity contribution is 0.102. The summed E-state index contributed by atoms with van der Waals surface area (Å²) in [5, 5.41) is 11.9. The molecule has 0 aliphatic carbocycles. The third-order valence-electron chi connectivity index (χ3n) is 2.46. The van der Waals surface area contributed by atoms with Crippen molar-refractivity contribution in [2.75, 3.05) is 11.1 Å². The lowest BCUT2D eigenvalue weighted by Crippen LogP contribution is -2.13. The Bertz CT molecular complexity index is 647. The summed E-state index contributed by atoms with van der Waals surface area (Å²) in [6.45, 7) is 0. The van der Waals surface area contributed by atoms with Gasteiger partial charge in [-0.1, -0.05) is 11.6 Å². The lowest BCUT2D eigenvalue weighted by atomic mass is 10.2. The van der Waals surface area contributed by atoms with Crippen molar-refractivity contribution in [1.82, 2.24) is 0 Å². The van der Waals surface area contributed by atoms with Crippen molar-refractivity contribution >= 4 is 28.9 Å². The monoisotopic (exact) mass is 280 g/mol. The summed E-state index contributed by atoms with van der Waals surface area (Å²) in [5.74, 6) is -1.69. The molecule has 0 fully saturated rings. The molecular weight excluding hydrogens is 271 g/mol. The molecular formula is C13H10ClFN2O2. The number of hydrogen-bond acceptors (Lipinski definition) is 3. The van der Waals surface area contributed by atoms with Gasteiger partial charge in [-0.3, -0.25) is 4.79 Å². The van der Waals surface area contributed by atoms with Gasteiger partial charge in [0.25, 0.3) is 5.91 Å². The van der Waals surface area contributed by atoms with E-state index >= 15 is 0 Å². The van der Waals surface area contributed by atoms with Gasteiger partial charge >= 0.3 is 0 Å². The molecule has 0 atom stereocenters. The van der Waals surface area contributed by atoms with Crippen molar-refractivity contribution in [3.63, 3.8) is 0 Å². The predicted octanol–water partition coefficient (Wildman–Crippen LogP) is 3.02. The van der Waals surface area contributed by atoms with Crippen LogP contribution in [0.5, 0.6) is 5.75 Å². The van der Waals surface area contributed by atoms with Crippen LogP contribution in [0.1, 0.15) is 10.4 Å². The van der Waals surface area contributed by atoms with E-state index in [0.29, 0.717) is 16.4 Å². The number of phenols is 1. The summed E-state index contributed by atoms with van der Waals surface area (Å²) in [4.78, 5) is 11.8. The number of carbonyl (C=O) groups is 1. The van der Waals surface area contributed by atoms with Crippen LogP contribution < -0.4 is 11.1 Å². The molecule has 0 unspecified atom stereocenters. The van der Waals surface area contributed by atoms with Crippen LogP contribution >= 0.6 is 11.6 Å². The molecule has 98 valence electrons. The minimum atomic E-state index is -0.806. The van der Waals surface area contributed by atoms with Gasteiger partial charge in [-0.25, -0.2) is 4.39 Å². The largest absolute Gasteiger partial charge is 0.508 e. The molecule has 2 aromatic carbocycles. The third-order valence-corrected chi connectivity index (χ3v) is 2.78. The minimum Gasteiger partial charge on any atom is -0.508 e. The fourth-order valence-electron chi connectivity index (χ4n) is 1.49. The van der Waals surface area contributed by atoms with E-state index in [-0.39, 0.29) is 11.3 Å². The summed E-state index contributed by atoms with van der Waals surface area (Å²) in [5.41, 5.74) is 6.15. The molecule has 0 radical (unpaired) electrons. The van der Waals surface area contributed by atoms with Crippen molar-refractivity contribution in [3.05, 3.63) is 52.8 Å². The van der Waals surface area contributed by atoms with E-state index in [1.807, 2.05) is 0 Å². The number of halogens is 2. The van der Waals surface area contributed by atoms with Crippen LogP contribution in [0, 0.1) is 5.82 Å². The van der Waals surface area contributed by atoms with Crippen molar-refractivity contribution < 1.29 is 14.3 Å². The highest BCUT2D eigenvalue weighted by atomic mass is 35.5. The molecule has 0 bridgehead atoms. The number of hydrogen-bond donors (Lipinski definition) is 3. The number of anilines is 2. The van der Waals surface area contributed by atoms with E-state index in [1.165, 1.54) is 24.3 Å². The molecule has 1 amide bonds. The first-order chi connectivity index (χ1) is 8.97. The van der Waals surface area contributed by atoms with Crippen LogP contribution in [-0.4, -0.2) is 11.0 Å². The van der Waals surface area contributed by atoms with Crippen molar-refractivity contribution in [2.45, 2.75) is 0 Å². The van der Waals surface area contributed by atoms with E-state index in [2.05, 4.69) is 5.32 Å². The molecule has 0 aliphatic heterocycles. The Hall–Kier alpha value is -2.27. The summed E-state index contributed by atoms with van der Waals surface area (Å²) in [7, 11) is 0. The zero-order chi connectivity index (χ0) is 14.0. The zero-order valence-corrected chi connectivity index (χ0v) is 10.4. The van der Waals surface area contributed by atoms with E-state index in [0.717, 1.165) is 6.07 Å². The van der Waals surface area contributed by atoms with Crippen LogP contribution in [-0.2, 0) is 0 Å². The van der Waals surface area contributed by atoms with Gasteiger partial charge in [-0.2, -0.15) is 0 Å². The first-order valence-corrected chi connectivity index (χ1v) is 5.70. The molecule has 0 spiro atoms. The molecule has 0 heterocycles. The molecule has 2 rings (SSSR count). The molecule has 0 aromatic heterocycles. The normalized spacial score (nSPS) is 10.2. The number of nitrogen functional groups attached to an aromatic ring is 1. The molecule has 2 aromatic rings. The van der Waals surface area contributed by atoms with Crippen LogP contribution in [0.3, 0.4) is 0 Å². The maximum atomic E-state index is 13.5. The van der Waals surface area contributed by atoms with E-state index in [9.17, 15) is 9.18 Å². The number of benzene rings is 2. The first-order valence-electron chi connectivity index (χ1n) is 5.32. The van der Waals surface area contributed by atoms with Crippen molar-refractivity contribution in [1.29, 1.82) is 0 Å². The van der Waals surface area contributed by atoms with Gasteiger partial charge in [0, 0.05) is 11.8 Å². The summed E-state index contributed by atoms with van der Waals surface area (Å²) >= 11 is 5.81. The minimum absolute atomic E-state index is 0.175. The molecule has 0 saturated heterocycles. The molecule has 19 heavy (non-hydrogen) atoms. The van der Waals surface area contributed by atoms with Crippen molar-refractivity contribution in [2.24, 2.45) is 0 Å². The van der Waals surface area contributed by atoms with Gasteiger partial charge in [0.2, 0.25) is 0 Å². The van der Waals surface area contributed by atoms with Crippen molar-refractivity contribution in [3.8, 4) is 5.75 Å². The predicted molar refractivity (Wildman–Crippen MR) is 71.9 cm³/mol. The molecule has 6 heteroatoms. The van der Waals surface area contributed by atoms with Gasteiger partial charge in [0.15, 0.2) is 0 Å². The standard InChI is InChI=1S/C13H10ClFN2O2/c14-10-5-7(1-4-12(10)16)17-13(19)9-3-2-8(18)6-11(9)15/h1-6,18H,16H2,(H,17,19). The Morgan fingerprint density at radius 1 is 1.26 bits per heavy atom. The van der Waals surface area contributed by atoms with Gasteiger partial charge in [-0.15, -0.1) is 0 Å². The van der Waals surface area contributed by atoms with Crippen LogP contribution in [0.4, 0.5) is 15.8 Å². The number of amides is 1. The van der Waals surface area contributed by atoms with Gasteiger partial charge < -0.3 is 16.2 Å². The Morgan fingerprint density at radius 2 is 2.00 bits per heavy atom. The maximum absolute atomic E-state index is 13.5. The van der Waals surface area contributed by atoms with E-state index in [4.69, 9.17) is 22.4 Å². The number of nitrogens with two attached hydrogens (primary N) is 1. The van der Waals surface area contributed by atoms with E-state index < -0.39 is 11.7 Å². The van der Waals surface area contributed by atoms with Gasteiger partial charge in [0.1, 0.15) is 11.6 Å². The number of rotatable bonds is 2. The van der Waals surface area contributed by atoms with Crippen LogP contribution in [0.25, 0.3) is 0 Å². The quantitative estimate of drug-likeness (QED) is 0.740. The molecule has 4 nitrogen and oxygen atoms in total. The number of carbonyl (C=O) groups excluding carboxylic acids is 1. The Morgan fingerprint density at radius 3 is 2.63 bits per heavy atom. The SMILES string of the molecule is Nc1ccc(NC(=O)c2ccc(O)cc2F)cc1Cl. The maximum Gasteiger partial charge on any atom is 0.258 e. The summed E-state index contributed by atoms with van der Waals surface area (Å²) in [6, 6.07) is 7.84. The highest BCUT2D eigenvalue weighted by Crippen LogP contribution is 2.23. The fourth-order valence-corrected chi connectivity index (χ4v) is 1.67. The fraction of sp³-hybridized carbons (Fsp3) is 0. The second-order valence-corrected chi connectivity index (χ2v) is 4.26. The highest BCUT2D eigenvalue weighted by Gasteiger charge is 2.12. The smallest absolute Gasteiger partial charge is 0.258 e. The third kappa shape index (κ3) is 2.95. The lowest BCUT2D eigenvalue weighted by Gasteiger charge is -2.07. The van der Waals surface area contributed by atoms with Crippen LogP contribution in [0.15, 0.2) is 36.4 Å². The Balaban J connectivity index is 2.23. The number of nitrogens with one attached hydrogen (secondary N) is 1. The second kappa shape index (κ2) is 5.16.